The van der Waals surface area contributed by atoms with E-state index in [0.29, 0.717) is 17.8 Å². The summed E-state index contributed by atoms with van der Waals surface area (Å²) in [5.74, 6) is -0.215. The Labute approximate surface area is 123 Å². The van der Waals surface area contributed by atoms with Crippen molar-refractivity contribution < 1.29 is 9.59 Å². The number of benzene rings is 1. The molecule has 1 heterocycles. The molecule has 0 atom stereocenters. The van der Waals surface area contributed by atoms with Crippen LogP contribution >= 0.6 is 0 Å². The molecule has 0 aliphatic carbocycles. The summed E-state index contributed by atoms with van der Waals surface area (Å²) in [5.41, 5.74) is 1.95. The second-order valence-electron chi connectivity index (χ2n) is 4.83. The Bertz CT molecular complexity index is 622. The Kier molecular flexibility index (Phi) is 4.66. The van der Waals surface area contributed by atoms with Crippen molar-refractivity contribution in [3.63, 3.8) is 0 Å². The minimum absolute atomic E-state index is 0.0419. The highest BCUT2D eigenvalue weighted by Gasteiger charge is 2.08. The summed E-state index contributed by atoms with van der Waals surface area (Å²) in [7, 11) is 3.45. The van der Waals surface area contributed by atoms with Gasteiger partial charge in [0.05, 0.1) is 6.42 Å². The molecule has 0 saturated carbocycles. The predicted molar refractivity (Wildman–Crippen MR) is 81.0 cm³/mol. The van der Waals surface area contributed by atoms with Crippen LogP contribution in [0.25, 0.3) is 0 Å². The smallest absolute Gasteiger partial charge is 0.274 e. The highest BCUT2D eigenvalue weighted by molar-refractivity contribution is 6.02. The van der Waals surface area contributed by atoms with Crippen LogP contribution in [0.2, 0.25) is 0 Å². The summed E-state index contributed by atoms with van der Waals surface area (Å²) in [5, 5.41) is 2.76. The fourth-order valence-electron chi connectivity index (χ4n) is 1.73. The van der Waals surface area contributed by atoms with Gasteiger partial charge in [0.1, 0.15) is 5.69 Å². The largest absolute Gasteiger partial charge is 0.349 e. The Hall–Kier alpha value is -2.69. The van der Waals surface area contributed by atoms with Crippen molar-refractivity contribution in [3.8, 4) is 0 Å². The van der Waals surface area contributed by atoms with Crippen LogP contribution in [0.5, 0.6) is 0 Å². The van der Waals surface area contributed by atoms with E-state index >= 15 is 0 Å². The molecule has 0 saturated heterocycles. The number of amides is 2. The minimum Gasteiger partial charge on any atom is -0.349 e. The first-order valence-corrected chi connectivity index (χ1v) is 6.58. The topological polar surface area (TPSA) is 62.3 Å². The van der Waals surface area contributed by atoms with Crippen LogP contribution in [0, 0.1) is 0 Å². The van der Waals surface area contributed by atoms with Crippen molar-refractivity contribution in [2.75, 3.05) is 19.4 Å². The number of pyridine rings is 1. The van der Waals surface area contributed by atoms with Gasteiger partial charge < -0.3 is 10.2 Å². The fraction of sp³-hybridized carbons (Fsp3) is 0.188. The molecule has 0 fully saturated rings. The lowest BCUT2D eigenvalue weighted by Crippen LogP contribution is -2.23. The van der Waals surface area contributed by atoms with Gasteiger partial charge in [-0.1, -0.05) is 18.2 Å². The normalized spacial score (nSPS) is 10.0. The third-order valence-electron chi connectivity index (χ3n) is 2.96. The monoisotopic (exact) mass is 283 g/mol. The lowest BCUT2D eigenvalue weighted by Gasteiger charge is -2.10. The SMILES string of the molecule is CN(C)C(=O)Cc1ccc(NC(=O)c2ccccn2)cc1. The number of carbonyl (C=O) groups excluding carboxylic acids is 2. The van der Waals surface area contributed by atoms with Crippen LogP contribution in [-0.4, -0.2) is 35.8 Å². The Morgan fingerprint density at radius 2 is 1.81 bits per heavy atom. The van der Waals surface area contributed by atoms with Gasteiger partial charge >= 0.3 is 0 Å². The molecule has 1 N–H and O–H groups in total. The molecular formula is C16H17N3O2. The molecule has 5 nitrogen and oxygen atoms in total. The lowest BCUT2D eigenvalue weighted by molar-refractivity contribution is -0.127. The zero-order chi connectivity index (χ0) is 15.2. The standard InChI is InChI=1S/C16H17N3O2/c1-19(2)15(20)11-12-6-8-13(9-7-12)18-16(21)14-5-3-4-10-17-14/h3-10H,11H2,1-2H3,(H,18,21). The third kappa shape index (κ3) is 4.14. The average Bonchev–Trinajstić information content (AvgIpc) is 2.50. The van der Waals surface area contributed by atoms with E-state index in [1.807, 2.05) is 12.1 Å². The van der Waals surface area contributed by atoms with Crippen molar-refractivity contribution in [1.82, 2.24) is 9.88 Å². The van der Waals surface area contributed by atoms with Crippen molar-refractivity contribution in [3.05, 3.63) is 59.9 Å². The van der Waals surface area contributed by atoms with Crippen LogP contribution in [0.4, 0.5) is 5.69 Å². The predicted octanol–water partition coefficient (Wildman–Crippen LogP) is 1.96. The first-order chi connectivity index (χ1) is 10.1. The number of nitrogens with one attached hydrogen (secondary N) is 1. The van der Waals surface area contributed by atoms with Crippen molar-refractivity contribution in [1.29, 1.82) is 0 Å². The first kappa shape index (κ1) is 14.7. The molecule has 2 amide bonds. The second kappa shape index (κ2) is 6.65. The van der Waals surface area contributed by atoms with Gasteiger partial charge in [0, 0.05) is 26.0 Å². The number of rotatable bonds is 4. The molecular weight excluding hydrogens is 266 g/mol. The molecule has 0 aliphatic rings. The molecule has 1 aromatic carbocycles. The van der Waals surface area contributed by atoms with Gasteiger partial charge in [-0.2, -0.15) is 0 Å². The average molecular weight is 283 g/mol. The zero-order valence-electron chi connectivity index (χ0n) is 12.0. The summed E-state index contributed by atoms with van der Waals surface area (Å²) in [6.45, 7) is 0. The Balaban J connectivity index is 2.00. The second-order valence-corrected chi connectivity index (χ2v) is 4.83. The van der Waals surface area contributed by atoms with Gasteiger partial charge in [-0.25, -0.2) is 0 Å². The molecule has 0 aliphatic heterocycles. The lowest BCUT2D eigenvalue weighted by atomic mass is 10.1. The van der Waals surface area contributed by atoms with Crippen molar-refractivity contribution in [2.45, 2.75) is 6.42 Å². The number of aromatic nitrogens is 1. The minimum atomic E-state index is -0.257. The quantitative estimate of drug-likeness (QED) is 0.933. The third-order valence-corrected chi connectivity index (χ3v) is 2.96. The summed E-state index contributed by atoms with van der Waals surface area (Å²) >= 11 is 0. The molecule has 0 unspecified atom stereocenters. The molecule has 1 aromatic heterocycles. The molecule has 2 aromatic rings. The van der Waals surface area contributed by atoms with Crippen LogP contribution in [-0.2, 0) is 11.2 Å². The van der Waals surface area contributed by atoms with Crippen LogP contribution < -0.4 is 5.32 Å². The van der Waals surface area contributed by atoms with Crippen LogP contribution in [0.15, 0.2) is 48.7 Å². The highest BCUT2D eigenvalue weighted by atomic mass is 16.2. The maximum atomic E-state index is 11.9. The first-order valence-electron chi connectivity index (χ1n) is 6.58. The van der Waals surface area contributed by atoms with Gasteiger partial charge in [-0.3, -0.25) is 14.6 Å². The molecule has 0 spiro atoms. The van der Waals surface area contributed by atoms with E-state index in [-0.39, 0.29) is 11.8 Å². The molecule has 0 radical (unpaired) electrons. The van der Waals surface area contributed by atoms with E-state index in [9.17, 15) is 9.59 Å². The molecule has 108 valence electrons. The Morgan fingerprint density at radius 1 is 1.10 bits per heavy atom. The summed E-state index contributed by atoms with van der Waals surface area (Å²) in [4.78, 5) is 29.1. The fourth-order valence-corrected chi connectivity index (χ4v) is 1.73. The van der Waals surface area contributed by atoms with E-state index in [1.165, 1.54) is 0 Å². The van der Waals surface area contributed by atoms with Gasteiger partial charge in [-0.05, 0) is 29.8 Å². The van der Waals surface area contributed by atoms with E-state index in [1.54, 1.807) is 55.5 Å². The van der Waals surface area contributed by atoms with E-state index < -0.39 is 0 Å². The number of hydrogen-bond acceptors (Lipinski definition) is 3. The van der Waals surface area contributed by atoms with E-state index in [0.717, 1.165) is 5.56 Å². The van der Waals surface area contributed by atoms with Crippen LogP contribution in [0.3, 0.4) is 0 Å². The Morgan fingerprint density at radius 3 is 2.38 bits per heavy atom. The molecule has 0 bridgehead atoms. The van der Waals surface area contributed by atoms with E-state index in [2.05, 4.69) is 10.3 Å². The summed E-state index contributed by atoms with van der Waals surface area (Å²) in [6, 6.07) is 12.4. The summed E-state index contributed by atoms with van der Waals surface area (Å²) in [6.07, 6.45) is 1.92. The van der Waals surface area contributed by atoms with Gasteiger partial charge in [-0.15, -0.1) is 0 Å². The number of carbonyl (C=O) groups is 2. The number of anilines is 1. The van der Waals surface area contributed by atoms with Gasteiger partial charge in [0.25, 0.3) is 5.91 Å². The van der Waals surface area contributed by atoms with Crippen molar-refractivity contribution >= 4 is 17.5 Å². The number of hydrogen-bond donors (Lipinski definition) is 1. The van der Waals surface area contributed by atoms with Gasteiger partial charge in [0.15, 0.2) is 0 Å². The molecule has 5 heteroatoms. The number of likely N-dealkylation sites (N-methyl/N-ethyl adjacent to an activating group) is 1. The van der Waals surface area contributed by atoms with E-state index in [4.69, 9.17) is 0 Å². The summed E-state index contributed by atoms with van der Waals surface area (Å²) < 4.78 is 0. The zero-order valence-corrected chi connectivity index (χ0v) is 12.0. The highest BCUT2D eigenvalue weighted by Crippen LogP contribution is 2.11. The molecule has 21 heavy (non-hydrogen) atoms. The number of nitrogens with zero attached hydrogens (tertiary/aromatic N) is 2. The maximum absolute atomic E-state index is 11.9. The maximum Gasteiger partial charge on any atom is 0.274 e. The van der Waals surface area contributed by atoms with Crippen LogP contribution in [0.1, 0.15) is 16.1 Å². The molecule has 2 rings (SSSR count). The van der Waals surface area contributed by atoms with Crippen molar-refractivity contribution in [2.24, 2.45) is 0 Å². The van der Waals surface area contributed by atoms with Gasteiger partial charge in [0.2, 0.25) is 5.91 Å².